The normalized spacial score (nSPS) is 16.1. The lowest BCUT2D eigenvalue weighted by Gasteiger charge is -2.31. The first-order valence-electron chi connectivity index (χ1n) is 8.13. The predicted octanol–water partition coefficient (Wildman–Crippen LogP) is 5.60. The van der Waals surface area contributed by atoms with Crippen molar-refractivity contribution in [3.8, 4) is 0 Å². The molecule has 0 spiro atoms. The van der Waals surface area contributed by atoms with Crippen molar-refractivity contribution in [2.24, 2.45) is 15.8 Å². The van der Waals surface area contributed by atoms with E-state index in [2.05, 4.69) is 60.6 Å². The fourth-order valence-electron chi connectivity index (χ4n) is 2.56. The first-order valence-corrected chi connectivity index (χ1v) is 8.13. The minimum absolute atomic E-state index is 0.146. The lowest BCUT2D eigenvalue weighted by Crippen LogP contribution is -2.29. The van der Waals surface area contributed by atoms with E-state index in [0.717, 1.165) is 22.5 Å². The third-order valence-corrected chi connectivity index (χ3v) is 3.98. The number of ketones is 1. The molecule has 1 aromatic carbocycles. The van der Waals surface area contributed by atoms with Gasteiger partial charge in [-0.3, -0.25) is 4.79 Å². The molecule has 0 bridgehead atoms. The summed E-state index contributed by atoms with van der Waals surface area (Å²) in [7, 11) is 0. The second-order valence-corrected chi connectivity index (χ2v) is 8.32. The average molecular weight is 309 g/mol. The number of hydrogen-bond acceptors (Lipinski definition) is 2. The molecule has 0 aliphatic heterocycles. The van der Waals surface area contributed by atoms with Crippen molar-refractivity contribution in [3.63, 3.8) is 0 Å². The van der Waals surface area contributed by atoms with Crippen molar-refractivity contribution in [1.82, 2.24) is 0 Å². The van der Waals surface area contributed by atoms with Gasteiger partial charge in [-0.1, -0.05) is 59.2 Å². The van der Waals surface area contributed by atoms with Crippen LogP contribution in [0.2, 0.25) is 0 Å². The summed E-state index contributed by atoms with van der Waals surface area (Å²) in [6, 6.07) is 8.12. The van der Waals surface area contributed by atoms with Crippen LogP contribution in [0.3, 0.4) is 0 Å². The standard InChI is InChI=1S/C21H27NO/c1-14-8-10-15(11-9-14)22-16-12-17(20(2,3)4)19(23)18(13-16)21(5,6)7/h8-13H,1-7H3. The molecule has 0 saturated heterocycles. The number of aryl methyl sites for hydroxylation is 1. The van der Waals surface area contributed by atoms with Gasteiger partial charge in [-0.15, -0.1) is 0 Å². The van der Waals surface area contributed by atoms with Gasteiger partial charge in [0, 0.05) is 11.1 Å². The van der Waals surface area contributed by atoms with Crippen molar-refractivity contribution < 1.29 is 4.79 Å². The highest BCUT2D eigenvalue weighted by Crippen LogP contribution is 2.37. The number of allylic oxidation sites excluding steroid dienone is 4. The molecule has 0 fully saturated rings. The van der Waals surface area contributed by atoms with Gasteiger partial charge < -0.3 is 0 Å². The molecular weight excluding hydrogens is 282 g/mol. The van der Waals surface area contributed by atoms with E-state index in [1.54, 1.807) is 0 Å². The summed E-state index contributed by atoms with van der Waals surface area (Å²) < 4.78 is 0. The Morgan fingerprint density at radius 1 is 0.783 bits per heavy atom. The zero-order valence-electron chi connectivity index (χ0n) is 15.3. The maximum Gasteiger partial charge on any atom is 0.186 e. The molecule has 0 saturated carbocycles. The Morgan fingerprint density at radius 3 is 1.61 bits per heavy atom. The molecule has 23 heavy (non-hydrogen) atoms. The van der Waals surface area contributed by atoms with Gasteiger partial charge in [0.1, 0.15) is 0 Å². The van der Waals surface area contributed by atoms with Crippen LogP contribution in [0.1, 0.15) is 47.1 Å². The Labute approximate surface area is 140 Å². The van der Waals surface area contributed by atoms with Crippen LogP contribution in [0.4, 0.5) is 5.69 Å². The van der Waals surface area contributed by atoms with Gasteiger partial charge in [-0.05, 0) is 42.0 Å². The number of hydrogen-bond donors (Lipinski definition) is 0. The smallest absolute Gasteiger partial charge is 0.186 e. The molecule has 0 heterocycles. The second-order valence-electron chi connectivity index (χ2n) is 8.32. The summed E-state index contributed by atoms with van der Waals surface area (Å²) in [5, 5.41) is 0. The first-order chi connectivity index (χ1) is 10.5. The Morgan fingerprint density at radius 2 is 1.22 bits per heavy atom. The van der Waals surface area contributed by atoms with Crippen molar-refractivity contribution >= 4 is 17.2 Å². The van der Waals surface area contributed by atoms with Crippen LogP contribution >= 0.6 is 0 Å². The van der Waals surface area contributed by atoms with Crippen LogP contribution in [-0.4, -0.2) is 11.5 Å². The van der Waals surface area contributed by atoms with Crippen molar-refractivity contribution in [2.45, 2.75) is 48.5 Å². The molecule has 0 N–H and O–H groups in total. The molecule has 0 radical (unpaired) electrons. The molecule has 0 unspecified atom stereocenters. The van der Waals surface area contributed by atoms with Gasteiger partial charge in [-0.2, -0.15) is 0 Å². The van der Waals surface area contributed by atoms with Crippen molar-refractivity contribution in [2.75, 3.05) is 0 Å². The molecular formula is C21H27NO. The molecule has 1 aliphatic carbocycles. The maximum absolute atomic E-state index is 12.9. The third-order valence-electron chi connectivity index (χ3n) is 3.98. The number of rotatable bonds is 1. The number of aliphatic imine (C=N–C) groups is 1. The van der Waals surface area contributed by atoms with E-state index < -0.39 is 0 Å². The largest absolute Gasteiger partial charge is 0.289 e. The summed E-state index contributed by atoms with van der Waals surface area (Å²) in [4.78, 5) is 17.6. The van der Waals surface area contributed by atoms with Gasteiger partial charge in [0.15, 0.2) is 5.78 Å². The highest BCUT2D eigenvalue weighted by atomic mass is 16.1. The fourth-order valence-corrected chi connectivity index (χ4v) is 2.56. The monoisotopic (exact) mass is 309 g/mol. The highest BCUT2D eigenvalue weighted by Gasteiger charge is 2.34. The molecule has 1 aromatic rings. The lowest BCUT2D eigenvalue weighted by atomic mass is 9.72. The Balaban J connectivity index is 2.56. The van der Waals surface area contributed by atoms with Crippen LogP contribution in [0.5, 0.6) is 0 Å². The molecule has 2 heteroatoms. The summed E-state index contributed by atoms with van der Waals surface area (Å²) in [5.74, 6) is 0.146. The van der Waals surface area contributed by atoms with Gasteiger partial charge in [-0.25, -0.2) is 4.99 Å². The maximum atomic E-state index is 12.9. The lowest BCUT2D eigenvalue weighted by molar-refractivity contribution is -0.114. The van der Waals surface area contributed by atoms with Gasteiger partial charge >= 0.3 is 0 Å². The quantitative estimate of drug-likeness (QED) is 0.621. The van der Waals surface area contributed by atoms with E-state index in [1.807, 2.05) is 24.3 Å². The second kappa shape index (κ2) is 5.92. The Bertz CT molecular complexity index is 666. The Hall–Kier alpha value is -1.96. The van der Waals surface area contributed by atoms with E-state index >= 15 is 0 Å². The van der Waals surface area contributed by atoms with Gasteiger partial charge in [0.25, 0.3) is 0 Å². The fraction of sp³-hybridized carbons (Fsp3) is 0.429. The average Bonchev–Trinajstić information content (AvgIpc) is 2.40. The van der Waals surface area contributed by atoms with E-state index in [4.69, 9.17) is 4.99 Å². The topological polar surface area (TPSA) is 29.4 Å². The molecule has 122 valence electrons. The molecule has 2 rings (SSSR count). The number of benzene rings is 1. The van der Waals surface area contributed by atoms with E-state index in [0.29, 0.717) is 0 Å². The number of Topliss-reactive ketones (excluding diaryl/α,β-unsaturated/α-hetero) is 1. The number of nitrogens with zero attached hydrogens (tertiary/aromatic N) is 1. The summed E-state index contributed by atoms with van der Waals surface area (Å²) in [5.41, 5.74) is 4.24. The highest BCUT2D eigenvalue weighted by molar-refractivity contribution is 6.23. The summed E-state index contributed by atoms with van der Waals surface area (Å²) in [6.07, 6.45) is 3.88. The predicted molar refractivity (Wildman–Crippen MR) is 98.4 cm³/mol. The van der Waals surface area contributed by atoms with Gasteiger partial charge in [0.2, 0.25) is 0 Å². The molecule has 0 atom stereocenters. The SMILES string of the molecule is Cc1ccc(N=C2C=C(C(C)(C)C)C(=O)C(C(C)(C)C)=C2)cc1. The molecule has 2 nitrogen and oxygen atoms in total. The number of carbonyl (C=O) groups is 1. The van der Waals surface area contributed by atoms with E-state index in [9.17, 15) is 4.79 Å². The van der Waals surface area contributed by atoms with Crippen LogP contribution in [0.25, 0.3) is 0 Å². The summed E-state index contributed by atoms with van der Waals surface area (Å²) in [6.45, 7) is 14.5. The third kappa shape index (κ3) is 4.07. The van der Waals surface area contributed by atoms with Crippen LogP contribution in [-0.2, 0) is 4.79 Å². The first kappa shape index (κ1) is 17.4. The van der Waals surface area contributed by atoms with E-state index in [-0.39, 0.29) is 16.6 Å². The van der Waals surface area contributed by atoms with Crippen molar-refractivity contribution in [3.05, 3.63) is 53.1 Å². The van der Waals surface area contributed by atoms with E-state index in [1.165, 1.54) is 5.56 Å². The summed E-state index contributed by atoms with van der Waals surface area (Å²) >= 11 is 0. The molecule has 0 amide bonds. The zero-order chi connectivity index (χ0) is 17.4. The number of carbonyl (C=O) groups excluding carboxylic acids is 1. The van der Waals surface area contributed by atoms with Crippen molar-refractivity contribution in [1.29, 1.82) is 0 Å². The minimum atomic E-state index is -0.199. The Kier molecular flexibility index (Phi) is 4.48. The molecule has 0 aromatic heterocycles. The molecule has 1 aliphatic rings. The zero-order valence-corrected chi connectivity index (χ0v) is 15.3. The van der Waals surface area contributed by atoms with Crippen LogP contribution < -0.4 is 0 Å². The minimum Gasteiger partial charge on any atom is -0.289 e. The van der Waals surface area contributed by atoms with Gasteiger partial charge in [0.05, 0.1) is 11.4 Å². The van der Waals surface area contributed by atoms with Crippen LogP contribution in [0, 0.1) is 17.8 Å². The van der Waals surface area contributed by atoms with Crippen LogP contribution in [0.15, 0.2) is 52.6 Å².